The molecule has 208 valence electrons. The van der Waals surface area contributed by atoms with Crippen molar-refractivity contribution in [3.8, 4) is 0 Å². The number of sulfonamides is 2. The van der Waals surface area contributed by atoms with Gasteiger partial charge in [0, 0.05) is 0 Å². The van der Waals surface area contributed by atoms with Crippen LogP contribution < -0.4 is 9.44 Å². The summed E-state index contributed by atoms with van der Waals surface area (Å²) in [5.74, 6) is -0.523. The number of benzene rings is 2. The molecule has 0 aliphatic rings. The van der Waals surface area contributed by atoms with Crippen LogP contribution in [-0.4, -0.2) is 41.2 Å². The van der Waals surface area contributed by atoms with E-state index in [-0.39, 0.29) is 21.6 Å². The topological polar surface area (TPSA) is 145 Å². The van der Waals surface area contributed by atoms with Crippen molar-refractivity contribution in [2.45, 2.75) is 63.5 Å². The highest BCUT2D eigenvalue weighted by molar-refractivity contribution is 7.90. The van der Waals surface area contributed by atoms with Gasteiger partial charge in [-0.15, -0.1) is 0 Å². The maximum atomic E-state index is 12.5. The van der Waals surface area contributed by atoms with E-state index in [2.05, 4.69) is 0 Å². The minimum atomic E-state index is -4.13. The molecule has 2 N–H and O–H groups in total. The summed E-state index contributed by atoms with van der Waals surface area (Å²) in [5.41, 5.74) is 1.72. The number of carbonyl (C=O) groups is 2. The number of hydrogen-bond donors (Lipinski definition) is 2. The Kier molecular flexibility index (Phi) is 10.5. The standard InChI is InChI=1S/C26H34N2O8S2/c1-17(2)23(35-25(29)27-37(31,32)21-11-7-19(5)8-12-21)15-16-24(18(3)4)36-26(30)28-38(33,34)22-13-9-20(6)10-14-22/h7-18,23-24H,1-6H3,(H,27,29)(H,28,30)/b16-15+/t23-,24-/m1/s1. The first kappa shape index (κ1) is 30.8. The van der Waals surface area contributed by atoms with Gasteiger partial charge in [0.25, 0.3) is 20.0 Å². The molecule has 0 heterocycles. The lowest BCUT2D eigenvalue weighted by atomic mass is 10.0. The fourth-order valence-electron chi connectivity index (χ4n) is 3.08. The van der Waals surface area contributed by atoms with Crippen LogP contribution in [0.5, 0.6) is 0 Å². The van der Waals surface area contributed by atoms with Crippen LogP contribution in [-0.2, 0) is 29.5 Å². The molecular weight excluding hydrogens is 532 g/mol. The first-order valence-electron chi connectivity index (χ1n) is 11.9. The smallest absolute Gasteiger partial charge is 0.421 e. The van der Waals surface area contributed by atoms with E-state index in [0.717, 1.165) is 11.1 Å². The van der Waals surface area contributed by atoms with Gasteiger partial charge in [-0.3, -0.25) is 0 Å². The largest absolute Gasteiger partial charge is 0.441 e. The summed E-state index contributed by atoms with van der Waals surface area (Å²) in [7, 11) is -8.27. The summed E-state index contributed by atoms with van der Waals surface area (Å²) in [4.78, 5) is 24.6. The Balaban J connectivity index is 2.07. The van der Waals surface area contributed by atoms with Crippen molar-refractivity contribution in [3.05, 3.63) is 71.8 Å². The summed E-state index contributed by atoms with van der Waals surface area (Å²) in [6.07, 6.45) is -1.14. The molecular formula is C26H34N2O8S2. The van der Waals surface area contributed by atoms with Crippen molar-refractivity contribution >= 4 is 32.2 Å². The number of amides is 2. The Labute approximate surface area is 224 Å². The molecule has 0 saturated heterocycles. The summed E-state index contributed by atoms with van der Waals surface area (Å²) in [6.45, 7) is 10.6. The van der Waals surface area contributed by atoms with Crippen LogP contribution in [0, 0.1) is 25.7 Å². The van der Waals surface area contributed by atoms with E-state index in [1.54, 1.807) is 65.8 Å². The second-order valence-corrected chi connectivity index (χ2v) is 12.8. The number of ether oxygens (including phenoxy) is 2. The molecule has 0 aliphatic carbocycles. The summed E-state index contributed by atoms with van der Waals surface area (Å²) >= 11 is 0. The van der Waals surface area contributed by atoms with Crippen molar-refractivity contribution in [1.82, 2.24) is 9.44 Å². The van der Waals surface area contributed by atoms with E-state index in [0.29, 0.717) is 0 Å². The van der Waals surface area contributed by atoms with E-state index in [1.165, 1.54) is 36.4 Å². The molecule has 2 aromatic carbocycles. The number of aryl methyl sites for hydroxylation is 2. The zero-order valence-electron chi connectivity index (χ0n) is 22.2. The Hall–Kier alpha value is -3.38. The minimum Gasteiger partial charge on any atom is -0.441 e. The van der Waals surface area contributed by atoms with Gasteiger partial charge in [-0.05, 0) is 62.1 Å². The molecule has 2 rings (SSSR count). The van der Waals surface area contributed by atoms with Crippen LogP contribution in [0.3, 0.4) is 0 Å². The first-order valence-corrected chi connectivity index (χ1v) is 14.9. The van der Waals surface area contributed by atoms with Crippen LogP contribution in [0.25, 0.3) is 0 Å². The van der Waals surface area contributed by atoms with Gasteiger partial charge in [0.15, 0.2) is 0 Å². The van der Waals surface area contributed by atoms with Gasteiger partial charge < -0.3 is 9.47 Å². The number of hydrogen-bond acceptors (Lipinski definition) is 8. The second kappa shape index (κ2) is 12.9. The molecule has 38 heavy (non-hydrogen) atoms. The zero-order valence-corrected chi connectivity index (χ0v) is 23.8. The Morgan fingerprint density at radius 2 is 0.921 bits per heavy atom. The average molecular weight is 567 g/mol. The van der Waals surface area contributed by atoms with Gasteiger partial charge in [0.1, 0.15) is 12.2 Å². The summed E-state index contributed by atoms with van der Waals surface area (Å²) < 4.78 is 64.3. The third-order valence-electron chi connectivity index (χ3n) is 5.39. The molecule has 2 atom stereocenters. The van der Waals surface area contributed by atoms with Crippen molar-refractivity contribution in [2.75, 3.05) is 0 Å². The van der Waals surface area contributed by atoms with Gasteiger partial charge in [0.05, 0.1) is 9.79 Å². The number of nitrogens with one attached hydrogen (secondary N) is 2. The van der Waals surface area contributed by atoms with E-state index < -0.39 is 44.4 Å². The monoisotopic (exact) mass is 566 g/mol. The lowest BCUT2D eigenvalue weighted by Gasteiger charge is -2.21. The molecule has 10 nitrogen and oxygen atoms in total. The molecule has 2 amide bonds. The third-order valence-corrected chi connectivity index (χ3v) is 8.05. The highest BCUT2D eigenvalue weighted by Gasteiger charge is 2.25. The fourth-order valence-corrected chi connectivity index (χ4v) is 4.84. The molecule has 0 spiro atoms. The Morgan fingerprint density at radius 3 is 1.18 bits per heavy atom. The Morgan fingerprint density at radius 1 is 0.632 bits per heavy atom. The van der Waals surface area contributed by atoms with Crippen LogP contribution in [0.2, 0.25) is 0 Å². The quantitative estimate of drug-likeness (QED) is 0.402. The maximum Gasteiger partial charge on any atom is 0.421 e. The van der Waals surface area contributed by atoms with E-state index in [1.807, 2.05) is 9.44 Å². The van der Waals surface area contributed by atoms with Crippen molar-refractivity contribution in [3.63, 3.8) is 0 Å². The lowest BCUT2D eigenvalue weighted by Crippen LogP contribution is -2.36. The predicted molar refractivity (Wildman–Crippen MR) is 142 cm³/mol. The molecule has 0 bridgehead atoms. The molecule has 2 aromatic rings. The van der Waals surface area contributed by atoms with Gasteiger partial charge in [-0.2, -0.15) is 0 Å². The van der Waals surface area contributed by atoms with E-state index >= 15 is 0 Å². The SMILES string of the molecule is Cc1ccc(S(=O)(=O)NC(=O)O[C@H](/C=C/[C@@H](OC(=O)NS(=O)(=O)c2ccc(C)cc2)C(C)C)C(C)C)cc1. The number of carbonyl (C=O) groups excluding carboxylic acids is 2. The predicted octanol–water partition coefficient (Wildman–Crippen LogP) is 4.44. The third kappa shape index (κ3) is 9.18. The fraction of sp³-hybridized carbons (Fsp3) is 0.385. The van der Waals surface area contributed by atoms with Crippen LogP contribution in [0.1, 0.15) is 38.8 Å². The van der Waals surface area contributed by atoms with Gasteiger partial charge in [-0.1, -0.05) is 63.1 Å². The average Bonchev–Trinajstić information content (AvgIpc) is 2.80. The van der Waals surface area contributed by atoms with Crippen molar-refractivity contribution in [2.24, 2.45) is 11.8 Å². The van der Waals surface area contributed by atoms with Crippen LogP contribution in [0.4, 0.5) is 9.59 Å². The summed E-state index contributed by atoms with van der Waals surface area (Å²) in [6, 6.07) is 11.9. The van der Waals surface area contributed by atoms with E-state index in [9.17, 15) is 26.4 Å². The molecule has 0 radical (unpaired) electrons. The Bertz CT molecular complexity index is 1240. The maximum absolute atomic E-state index is 12.5. The van der Waals surface area contributed by atoms with Gasteiger partial charge in [0.2, 0.25) is 0 Å². The molecule has 0 unspecified atom stereocenters. The van der Waals surface area contributed by atoms with E-state index in [4.69, 9.17) is 9.47 Å². The van der Waals surface area contributed by atoms with Gasteiger partial charge in [-0.25, -0.2) is 35.9 Å². The summed E-state index contributed by atoms with van der Waals surface area (Å²) in [5, 5.41) is 0. The van der Waals surface area contributed by atoms with Crippen LogP contribution in [0.15, 0.2) is 70.5 Å². The highest BCUT2D eigenvalue weighted by Crippen LogP contribution is 2.16. The first-order chi connectivity index (χ1) is 17.6. The second-order valence-electron chi connectivity index (χ2n) is 9.45. The van der Waals surface area contributed by atoms with Crippen molar-refractivity contribution in [1.29, 1.82) is 0 Å². The molecule has 0 fully saturated rings. The molecule has 0 saturated carbocycles. The molecule has 0 aliphatic heterocycles. The molecule has 12 heteroatoms. The van der Waals surface area contributed by atoms with Crippen molar-refractivity contribution < 1.29 is 35.9 Å². The number of rotatable bonds is 10. The van der Waals surface area contributed by atoms with Gasteiger partial charge >= 0.3 is 12.2 Å². The highest BCUT2D eigenvalue weighted by atomic mass is 32.2. The lowest BCUT2D eigenvalue weighted by molar-refractivity contribution is 0.0931. The normalized spacial score (nSPS) is 13.8. The minimum absolute atomic E-state index is 0.0865. The van der Waals surface area contributed by atoms with Crippen LogP contribution >= 0.6 is 0 Å². The zero-order chi connectivity index (χ0) is 28.7. The molecule has 0 aromatic heterocycles.